The molecule has 0 bridgehead atoms. The molecule has 2 aromatic rings. The smallest absolute Gasteiger partial charge is 0.159 e. The summed E-state index contributed by atoms with van der Waals surface area (Å²) >= 11 is 7.97. The molecule has 0 radical (unpaired) electrons. The van der Waals surface area contributed by atoms with Crippen LogP contribution in [-0.2, 0) is 6.42 Å². The number of nitrogens with zero attached hydrogens (tertiary/aromatic N) is 1. The number of hydrogen-bond acceptors (Lipinski definition) is 4. The molecule has 0 saturated carbocycles. The summed E-state index contributed by atoms with van der Waals surface area (Å²) in [6.45, 7) is 4.62. The molecule has 0 aliphatic carbocycles. The van der Waals surface area contributed by atoms with Crippen molar-refractivity contribution in [1.29, 1.82) is 0 Å². The number of unbranched alkanes of at least 4 members (excludes halogenated alkanes) is 2. The summed E-state index contributed by atoms with van der Waals surface area (Å²) in [5.74, 6) is 1.05. The van der Waals surface area contributed by atoms with Crippen LogP contribution >= 0.6 is 35.8 Å². The maximum absolute atomic E-state index is 10.3. The predicted molar refractivity (Wildman–Crippen MR) is 146 cm³/mol. The van der Waals surface area contributed by atoms with Crippen LogP contribution in [0, 0.1) is 0 Å². The van der Waals surface area contributed by atoms with Crippen LogP contribution < -0.4 is 4.74 Å². The number of likely N-dealkylation sites (tertiary alicyclic amines) is 1. The Morgan fingerprint density at radius 3 is 2.41 bits per heavy atom. The Balaban J connectivity index is 0.00000324. The van der Waals surface area contributed by atoms with Gasteiger partial charge in [-0.3, -0.25) is 4.90 Å². The van der Waals surface area contributed by atoms with Crippen LogP contribution in [0.2, 0.25) is 5.02 Å². The van der Waals surface area contributed by atoms with E-state index >= 15 is 0 Å². The highest BCUT2D eigenvalue weighted by atomic mass is 35.5. The van der Waals surface area contributed by atoms with Gasteiger partial charge in [-0.1, -0.05) is 68.3 Å². The van der Waals surface area contributed by atoms with E-state index in [2.05, 4.69) is 49.1 Å². The fraction of sp³-hybridized carbons (Fsp3) is 0.571. The van der Waals surface area contributed by atoms with Crippen molar-refractivity contribution in [3.63, 3.8) is 0 Å². The van der Waals surface area contributed by atoms with Gasteiger partial charge in [0.1, 0.15) is 5.75 Å². The molecule has 3 nitrogen and oxygen atoms in total. The molecular formula is C28H39Cl2NO2S. The van der Waals surface area contributed by atoms with Crippen molar-refractivity contribution in [3.8, 4) is 5.75 Å². The van der Waals surface area contributed by atoms with Crippen molar-refractivity contribution in [1.82, 2.24) is 4.90 Å². The first kappa shape index (κ1) is 27.7. The zero-order valence-electron chi connectivity index (χ0n) is 20.5. The van der Waals surface area contributed by atoms with Crippen LogP contribution in [-0.4, -0.2) is 27.7 Å². The molecule has 34 heavy (non-hydrogen) atoms. The summed E-state index contributed by atoms with van der Waals surface area (Å²) in [5, 5.41) is 11.0. The number of ether oxygens (including phenoxy) is 1. The highest BCUT2D eigenvalue weighted by Crippen LogP contribution is 2.53. The van der Waals surface area contributed by atoms with E-state index in [-0.39, 0.29) is 30.1 Å². The summed E-state index contributed by atoms with van der Waals surface area (Å²) in [4.78, 5) is 3.47. The van der Waals surface area contributed by atoms with E-state index in [0.717, 1.165) is 49.3 Å². The molecule has 2 aliphatic heterocycles. The maximum atomic E-state index is 10.3. The molecule has 0 amide bonds. The number of hydrogen-bond donors (Lipinski definition) is 1. The number of aliphatic hydroxyl groups excluding tert-OH is 1. The molecule has 0 spiro atoms. The third kappa shape index (κ3) is 6.44. The van der Waals surface area contributed by atoms with Crippen LogP contribution in [0.4, 0.5) is 0 Å². The minimum Gasteiger partial charge on any atom is -0.475 e. The number of halogens is 2. The molecule has 2 atom stereocenters. The Hall–Kier alpha value is -0.910. The van der Waals surface area contributed by atoms with Gasteiger partial charge in [-0.05, 0) is 86.8 Å². The van der Waals surface area contributed by atoms with Gasteiger partial charge in [0.15, 0.2) is 4.93 Å². The van der Waals surface area contributed by atoms with Crippen molar-refractivity contribution < 1.29 is 9.84 Å². The van der Waals surface area contributed by atoms with E-state index in [9.17, 15) is 5.11 Å². The molecular weight excluding hydrogens is 485 g/mol. The number of rotatable bonds is 11. The highest BCUT2D eigenvalue weighted by molar-refractivity contribution is 8.00. The van der Waals surface area contributed by atoms with Crippen molar-refractivity contribution in [3.05, 3.63) is 58.6 Å². The topological polar surface area (TPSA) is 32.7 Å². The van der Waals surface area contributed by atoms with Gasteiger partial charge in [0.25, 0.3) is 0 Å². The fourth-order valence-electron chi connectivity index (χ4n) is 5.34. The number of benzene rings is 2. The lowest BCUT2D eigenvalue weighted by Gasteiger charge is -2.28. The Labute approximate surface area is 221 Å². The Kier molecular flexibility index (Phi) is 10.5. The lowest BCUT2D eigenvalue weighted by atomic mass is 10.0. The number of aliphatic hydroxyl groups is 1. The third-order valence-corrected chi connectivity index (χ3v) is 8.91. The Bertz CT molecular complexity index is 900. The summed E-state index contributed by atoms with van der Waals surface area (Å²) in [6.07, 6.45) is 11.3. The van der Waals surface area contributed by atoms with Crippen LogP contribution in [0.15, 0.2) is 47.4 Å². The van der Waals surface area contributed by atoms with E-state index < -0.39 is 0 Å². The van der Waals surface area contributed by atoms with Crippen molar-refractivity contribution in [2.75, 3.05) is 6.73 Å². The fourth-order valence-corrected chi connectivity index (χ4v) is 6.90. The zero-order valence-corrected chi connectivity index (χ0v) is 22.9. The number of aryl methyl sites for hydroxylation is 1. The van der Waals surface area contributed by atoms with E-state index in [4.69, 9.17) is 16.3 Å². The van der Waals surface area contributed by atoms with E-state index in [0.29, 0.717) is 6.04 Å². The van der Waals surface area contributed by atoms with Crippen molar-refractivity contribution in [2.24, 2.45) is 0 Å². The molecule has 4 rings (SSSR count). The summed E-state index contributed by atoms with van der Waals surface area (Å²) in [5.41, 5.74) is 2.62. The molecule has 2 aliphatic rings. The van der Waals surface area contributed by atoms with Crippen LogP contribution in [0.3, 0.4) is 0 Å². The van der Waals surface area contributed by atoms with Crippen molar-refractivity contribution in [2.45, 2.75) is 100.0 Å². The van der Waals surface area contributed by atoms with Crippen molar-refractivity contribution >= 4 is 35.8 Å². The van der Waals surface area contributed by atoms with Gasteiger partial charge in [0.05, 0.1) is 11.6 Å². The lowest BCUT2D eigenvalue weighted by Crippen LogP contribution is -2.32. The molecule has 2 aromatic carbocycles. The van der Waals surface area contributed by atoms with E-state index in [1.165, 1.54) is 41.7 Å². The first-order chi connectivity index (χ1) is 16.1. The Morgan fingerprint density at radius 1 is 1.06 bits per heavy atom. The normalized spacial score (nSPS) is 21.2. The molecule has 1 fully saturated rings. The average Bonchev–Trinajstić information content (AvgIpc) is 3.41. The molecule has 2 heterocycles. The quantitative estimate of drug-likeness (QED) is 0.320. The SMILES string of the molecule is CCCCC1(CCCC)Oc2ccc(C3CCC(CCc4ccc(Cl)cc4)N3CO)cc2S1.Cl. The largest absolute Gasteiger partial charge is 0.475 e. The van der Waals surface area contributed by atoms with Gasteiger partial charge in [-0.2, -0.15) is 0 Å². The molecule has 1 saturated heterocycles. The second kappa shape index (κ2) is 12.9. The van der Waals surface area contributed by atoms with Gasteiger partial charge in [-0.15, -0.1) is 12.4 Å². The molecule has 2 unspecified atom stereocenters. The number of thioether (sulfide) groups is 1. The van der Waals surface area contributed by atoms with E-state index in [1.54, 1.807) is 0 Å². The minimum absolute atomic E-state index is 0. The van der Waals surface area contributed by atoms with Crippen LogP contribution in [0.25, 0.3) is 0 Å². The predicted octanol–water partition coefficient (Wildman–Crippen LogP) is 8.41. The molecule has 188 valence electrons. The molecule has 6 heteroatoms. The monoisotopic (exact) mass is 523 g/mol. The average molecular weight is 525 g/mol. The standard InChI is InChI=1S/C28H38ClNO2S.ClH/c1-3-5-17-28(18-6-4-2)32-26-16-10-22(19-27(26)33-28)25-15-14-24(30(25)20-31)13-9-21-7-11-23(29)12-8-21;/h7-8,10-12,16,19,24-25,31H,3-6,9,13-15,17-18,20H2,1-2H3;1H. The van der Waals surface area contributed by atoms with Gasteiger partial charge < -0.3 is 9.84 Å². The number of fused-ring (bicyclic) bond motifs is 1. The van der Waals surface area contributed by atoms with Crippen LogP contribution in [0.1, 0.15) is 88.8 Å². The zero-order chi connectivity index (χ0) is 23.3. The first-order valence-corrected chi connectivity index (χ1v) is 13.9. The second-order valence-electron chi connectivity index (χ2n) is 9.60. The first-order valence-electron chi connectivity index (χ1n) is 12.7. The second-order valence-corrected chi connectivity index (χ2v) is 11.4. The van der Waals surface area contributed by atoms with Gasteiger partial charge in [0.2, 0.25) is 0 Å². The summed E-state index contributed by atoms with van der Waals surface area (Å²) in [6, 6.07) is 15.6. The van der Waals surface area contributed by atoms with Crippen LogP contribution in [0.5, 0.6) is 5.75 Å². The van der Waals surface area contributed by atoms with E-state index in [1.807, 2.05) is 23.9 Å². The third-order valence-electron chi connectivity index (χ3n) is 7.25. The minimum atomic E-state index is -0.0968. The summed E-state index contributed by atoms with van der Waals surface area (Å²) in [7, 11) is 0. The van der Waals surface area contributed by atoms with Gasteiger partial charge in [-0.25, -0.2) is 0 Å². The van der Waals surface area contributed by atoms with Gasteiger partial charge >= 0.3 is 0 Å². The summed E-state index contributed by atoms with van der Waals surface area (Å²) < 4.78 is 6.58. The lowest BCUT2D eigenvalue weighted by molar-refractivity contribution is 0.0596. The molecule has 0 aromatic heterocycles. The highest BCUT2D eigenvalue weighted by Gasteiger charge is 2.40. The Morgan fingerprint density at radius 2 is 1.76 bits per heavy atom. The molecule has 1 N–H and O–H groups in total. The maximum Gasteiger partial charge on any atom is 0.159 e. The van der Waals surface area contributed by atoms with Gasteiger partial charge in [0, 0.05) is 17.1 Å².